The number of hydrogen-bond acceptors (Lipinski definition) is 7. The summed E-state index contributed by atoms with van der Waals surface area (Å²) >= 11 is 1.36. The summed E-state index contributed by atoms with van der Waals surface area (Å²) in [4.78, 5) is 16.3. The van der Waals surface area contributed by atoms with Crippen molar-refractivity contribution in [3.8, 4) is 5.88 Å². The van der Waals surface area contributed by atoms with Crippen LogP contribution in [-0.4, -0.2) is 43.5 Å². The second-order valence-electron chi connectivity index (χ2n) is 6.46. The molecule has 0 atom stereocenters. The van der Waals surface area contributed by atoms with Crippen LogP contribution in [0.1, 0.15) is 37.3 Å². The summed E-state index contributed by atoms with van der Waals surface area (Å²) in [6.45, 7) is 1.20. The molecular formula is C16H20N6O2S. The Hall–Kier alpha value is -2.16. The molecule has 0 radical (unpaired) electrons. The van der Waals surface area contributed by atoms with E-state index in [0.717, 1.165) is 25.0 Å². The van der Waals surface area contributed by atoms with Crippen LogP contribution in [0.3, 0.4) is 0 Å². The Bertz CT molecular complexity index is 726. The number of aromatic nitrogens is 5. The van der Waals surface area contributed by atoms with Gasteiger partial charge in [0.1, 0.15) is 0 Å². The Kier molecular flexibility index (Phi) is 4.82. The van der Waals surface area contributed by atoms with E-state index >= 15 is 0 Å². The second kappa shape index (κ2) is 7.38. The lowest BCUT2D eigenvalue weighted by molar-refractivity contribution is -0.118. The van der Waals surface area contributed by atoms with Gasteiger partial charge in [-0.05, 0) is 47.6 Å². The Morgan fingerprint density at radius 2 is 2.20 bits per heavy atom. The molecule has 2 aliphatic carbocycles. The van der Waals surface area contributed by atoms with Crippen LogP contribution in [0, 0.1) is 5.92 Å². The lowest BCUT2D eigenvalue weighted by Crippen LogP contribution is -2.24. The molecule has 25 heavy (non-hydrogen) atoms. The van der Waals surface area contributed by atoms with Gasteiger partial charge in [0.25, 0.3) is 0 Å². The molecule has 2 fully saturated rings. The van der Waals surface area contributed by atoms with E-state index in [9.17, 15) is 4.79 Å². The first-order chi connectivity index (χ1) is 12.3. The zero-order chi connectivity index (χ0) is 17.1. The van der Waals surface area contributed by atoms with Crippen molar-refractivity contribution in [2.75, 3.05) is 12.4 Å². The van der Waals surface area contributed by atoms with E-state index in [0.29, 0.717) is 35.3 Å². The second-order valence-corrected chi connectivity index (χ2v) is 7.40. The molecule has 2 aromatic heterocycles. The summed E-state index contributed by atoms with van der Waals surface area (Å²) in [5.74, 6) is 1.59. The topological polar surface area (TPSA) is 94.8 Å². The van der Waals surface area contributed by atoms with Crippen LogP contribution in [0.2, 0.25) is 0 Å². The van der Waals surface area contributed by atoms with E-state index in [1.54, 1.807) is 6.20 Å². The van der Waals surface area contributed by atoms with Gasteiger partial charge in [0.05, 0.1) is 18.4 Å². The molecule has 2 heterocycles. The Morgan fingerprint density at radius 1 is 1.32 bits per heavy atom. The minimum absolute atomic E-state index is 0.0515. The maximum absolute atomic E-state index is 12.0. The molecule has 0 aromatic carbocycles. The molecule has 0 saturated heterocycles. The third-order valence-corrected chi connectivity index (χ3v) is 5.07. The number of nitrogens with one attached hydrogen (secondary N) is 1. The zero-order valence-corrected chi connectivity index (χ0v) is 14.6. The number of amides is 1. The third-order valence-electron chi connectivity index (χ3n) is 4.14. The number of nitrogens with zero attached hydrogens (tertiary/aromatic N) is 5. The standard InChI is InChI=1S/C16H20N6O2S/c23-14(10-25-16-19-20-21-22(16)13-4-5-13)17-7-12-3-6-15(18-8-12)24-9-11-1-2-11/h3,6,8,11,13H,1-2,4-5,7,9-10H2,(H,17,23). The van der Waals surface area contributed by atoms with Gasteiger partial charge in [0.2, 0.25) is 16.9 Å². The number of rotatable bonds is 9. The van der Waals surface area contributed by atoms with Crippen LogP contribution in [0.4, 0.5) is 0 Å². The van der Waals surface area contributed by atoms with E-state index in [1.807, 2.05) is 16.8 Å². The van der Waals surface area contributed by atoms with Crippen molar-refractivity contribution in [1.29, 1.82) is 0 Å². The van der Waals surface area contributed by atoms with Crippen LogP contribution < -0.4 is 10.1 Å². The highest BCUT2D eigenvalue weighted by Crippen LogP contribution is 2.36. The SMILES string of the molecule is O=C(CSc1nnnn1C1CC1)NCc1ccc(OCC2CC2)nc1. The van der Waals surface area contributed by atoms with Gasteiger partial charge in [-0.15, -0.1) is 5.10 Å². The fraction of sp³-hybridized carbons (Fsp3) is 0.562. The molecule has 4 rings (SSSR count). The summed E-state index contributed by atoms with van der Waals surface area (Å²) < 4.78 is 7.41. The van der Waals surface area contributed by atoms with Gasteiger partial charge in [0.15, 0.2) is 0 Å². The first-order valence-electron chi connectivity index (χ1n) is 8.53. The lowest BCUT2D eigenvalue weighted by atomic mass is 10.3. The van der Waals surface area contributed by atoms with Crippen LogP contribution >= 0.6 is 11.8 Å². The van der Waals surface area contributed by atoms with Gasteiger partial charge in [-0.3, -0.25) is 4.79 Å². The number of carbonyl (C=O) groups excluding carboxylic acids is 1. The molecule has 1 amide bonds. The molecule has 0 unspecified atom stereocenters. The Morgan fingerprint density at radius 3 is 2.92 bits per heavy atom. The summed E-state index contributed by atoms with van der Waals surface area (Å²) in [5.41, 5.74) is 0.944. The molecule has 0 bridgehead atoms. The van der Waals surface area contributed by atoms with Gasteiger partial charge in [-0.25, -0.2) is 9.67 Å². The van der Waals surface area contributed by atoms with Crippen molar-refractivity contribution >= 4 is 17.7 Å². The van der Waals surface area contributed by atoms with Gasteiger partial charge in [-0.1, -0.05) is 17.8 Å². The molecule has 0 spiro atoms. The predicted octanol–water partition coefficient (Wildman–Crippen LogP) is 1.60. The number of tetrazole rings is 1. The van der Waals surface area contributed by atoms with Crippen LogP contribution in [0.15, 0.2) is 23.5 Å². The average Bonchev–Trinajstić information content (AvgIpc) is 3.57. The fourth-order valence-electron chi connectivity index (χ4n) is 2.30. The monoisotopic (exact) mass is 360 g/mol. The molecule has 2 aromatic rings. The Balaban J connectivity index is 1.19. The molecule has 0 aliphatic heterocycles. The van der Waals surface area contributed by atoms with Crippen LogP contribution in [0.5, 0.6) is 5.88 Å². The quantitative estimate of drug-likeness (QED) is 0.679. The first-order valence-corrected chi connectivity index (χ1v) is 9.51. The van der Waals surface area contributed by atoms with Crippen LogP contribution in [0.25, 0.3) is 0 Å². The van der Waals surface area contributed by atoms with E-state index in [4.69, 9.17) is 4.74 Å². The highest BCUT2D eigenvalue weighted by Gasteiger charge is 2.28. The zero-order valence-electron chi connectivity index (χ0n) is 13.8. The van der Waals surface area contributed by atoms with E-state index in [2.05, 4.69) is 25.8 Å². The number of hydrogen-bond donors (Lipinski definition) is 1. The summed E-state index contributed by atoms with van der Waals surface area (Å²) in [5, 5.41) is 15.2. The lowest BCUT2D eigenvalue weighted by Gasteiger charge is -2.07. The van der Waals surface area contributed by atoms with Gasteiger partial charge < -0.3 is 10.1 Å². The maximum Gasteiger partial charge on any atom is 0.230 e. The van der Waals surface area contributed by atoms with Crippen molar-refractivity contribution in [3.05, 3.63) is 23.9 Å². The number of ether oxygens (including phenoxy) is 1. The van der Waals surface area contributed by atoms with Crippen molar-refractivity contribution in [2.45, 2.75) is 43.4 Å². The van der Waals surface area contributed by atoms with Crippen LogP contribution in [-0.2, 0) is 11.3 Å². The number of carbonyl (C=O) groups is 1. The third kappa shape index (κ3) is 4.68. The molecule has 1 N–H and O–H groups in total. The molecule has 2 saturated carbocycles. The maximum atomic E-state index is 12.0. The highest BCUT2D eigenvalue weighted by atomic mass is 32.2. The molecule has 8 nitrogen and oxygen atoms in total. The normalized spacial score (nSPS) is 16.6. The van der Waals surface area contributed by atoms with Crippen molar-refractivity contribution in [3.63, 3.8) is 0 Å². The fourth-order valence-corrected chi connectivity index (χ4v) is 3.07. The molecule has 2 aliphatic rings. The summed E-state index contributed by atoms with van der Waals surface area (Å²) in [6, 6.07) is 4.19. The van der Waals surface area contributed by atoms with E-state index in [1.165, 1.54) is 24.6 Å². The number of thioether (sulfide) groups is 1. The minimum atomic E-state index is -0.0515. The average molecular weight is 360 g/mol. The first kappa shape index (κ1) is 16.3. The number of pyridine rings is 1. The Labute approximate surface area is 149 Å². The summed E-state index contributed by atoms with van der Waals surface area (Å²) in [7, 11) is 0. The molecule has 9 heteroatoms. The predicted molar refractivity (Wildman–Crippen MR) is 91.1 cm³/mol. The van der Waals surface area contributed by atoms with Crippen molar-refractivity contribution < 1.29 is 9.53 Å². The van der Waals surface area contributed by atoms with E-state index < -0.39 is 0 Å². The van der Waals surface area contributed by atoms with Crippen molar-refractivity contribution in [2.24, 2.45) is 5.92 Å². The highest BCUT2D eigenvalue weighted by molar-refractivity contribution is 7.99. The largest absolute Gasteiger partial charge is 0.477 e. The van der Waals surface area contributed by atoms with E-state index in [-0.39, 0.29) is 5.91 Å². The van der Waals surface area contributed by atoms with Gasteiger partial charge in [-0.2, -0.15) is 0 Å². The molecular weight excluding hydrogens is 340 g/mol. The summed E-state index contributed by atoms with van der Waals surface area (Å²) in [6.07, 6.45) is 6.48. The minimum Gasteiger partial charge on any atom is -0.477 e. The smallest absolute Gasteiger partial charge is 0.230 e. The molecule has 132 valence electrons. The van der Waals surface area contributed by atoms with Gasteiger partial charge >= 0.3 is 0 Å². The van der Waals surface area contributed by atoms with Crippen molar-refractivity contribution in [1.82, 2.24) is 30.5 Å². The van der Waals surface area contributed by atoms with Gasteiger partial charge in [0, 0.05) is 18.8 Å².